The van der Waals surface area contributed by atoms with Crippen LogP contribution < -0.4 is 5.32 Å². The Morgan fingerprint density at radius 3 is 2.17 bits per heavy atom. The molecule has 1 N–H and O–H groups in total. The molecule has 0 heterocycles. The quantitative estimate of drug-likeness (QED) is 0.731. The molecule has 0 saturated carbocycles. The van der Waals surface area contributed by atoms with Gasteiger partial charge in [-0.2, -0.15) is 0 Å². The molecule has 5 nitrogen and oxygen atoms in total. The molecule has 0 aromatic heterocycles. The largest absolute Gasteiger partial charge is 0.469 e. The highest BCUT2D eigenvalue weighted by molar-refractivity contribution is 5.76. The molecule has 0 fully saturated rings. The van der Waals surface area contributed by atoms with Crippen LogP contribution >= 0.6 is 0 Å². The average Bonchev–Trinajstić information content (AvgIpc) is 2.33. The second kappa shape index (κ2) is 12.4. The van der Waals surface area contributed by atoms with Gasteiger partial charge in [-0.05, 0) is 19.4 Å². The number of nitrogens with zero attached hydrogens (tertiary/aromatic N) is 1. The fraction of sp³-hybridized carbons (Fsp3) is 0.846. The van der Waals surface area contributed by atoms with E-state index in [0.29, 0.717) is 12.3 Å². The van der Waals surface area contributed by atoms with Gasteiger partial charge in [0.2, 0.25) is 5.91 Å². The van der Waals surface area contributed by atoms with Crippen LogP contribution in [-0.2, 0) is 14.3 Å². The van der Waals surface area contributed by atoms with E-state index in [-0.39, 0.29) is 11.9 Å². The monoisotopic (exact) mass is 260 g/mol. The number of carbonyl (C=O) groups is 2. The van der Waals surface area contributed by atoms with Crippen molar-refractivity contribution in [2.75, 3.05) is 34.3 Å². The fourth-order valence-corrected chi connectivity index (χ4v) is 0.999. The lowest BCUT2D eigenvalue weighted by atomic mass is 10.1. The van der Waals surface area contributed by atoms with Crippen molar-refractivity contribution in [3.63, 3.8) is 0 Å². The topological polar surface area (TPSA) is 58.6 Å². The Balaban J connectivity index is 0. The lowest BCUT2D eigenvalue weighted by Crippen LogP contribution is -2.30. The maximum Gasteiger partial charge on any atom is 0.302 e. The van der Waals surface area contributed by atoms with Crippen LogP contribution in [0.4, 0.5) is 0 Å². The summed E-state index contributed by atoms with van der Waals surface area (Å²) in [6, 6.07) is 0. The van der Waals surface area contributed by atoms with E-state index in [0.717, 1.165) is 19.5 Å². The van der Waals surface area contributed by atoms with Gasteiger partial charge in [-0.1, -0.05) is 13.8 Å². The summed E-state index contributed by atoms with van der Waals surface area (Å²) in [5.41, 5.74) is 0. The van der Waals surface area contributed by atoms with Crippen molar-refractivity contribution in [3.8, 4) is 0 Å². The molecule has 0 bridgehead atoms. The van der Waals surface area contributed by atoms with Crippen molar-refractivity contribution < 1.29 is 14.3 Å². The van der Waals surface area contributed by atoms with E-state index in [1.165, 1.54) is 14.0 Å². The molecule has 18 heavy (non-hydrogen) atoms. The number of rotatable bonds is 6. The van der Waals surface area contributed by atoms with Gasteiger partial charge in [-0.3, -0.25) is 9.59 Å². The summed E-state index contributed by atoms with van der Waals surface area (Å²) in [6.45, 7) is 7.35. The summed E-state index contributed by atoms with van der Waals surface area (Å²) >= 11 is 0. The number of hydrogen-bond donors (Lipinski definition) is 1. The Morgan fingerprint density at radius 2 is 1.83 bits per heavy atom. The van der Waals surface area contributed by atoms with Gasteiger partial charge in [0, 0.05) is 33.5 Å². The molecule has 0 atom stereocenters. The predicted octanol–water partition coefficient (Wildman–Crippen LogP) is 1.28. The van der Waals surface area contributed by atoms with Gasteiger partial charge in [0.05, 0.1) is 7.11 Å². The smallest absolute Gasteiger partial charge is 0.302 e. The highest BCUT2D eigenvalue weighted by Crippen LogP contribution is 2.01. The van der Waals surface area contributed by atoms with E-state index in [1.54, 1.807) is 0 Å². The van der Waals surface area contributed by atoms with E-state index < -0.39 is 0 Å². The van der Waals surface area contributed by atoms with Crippen molar-refractivity contribution in [3.05, 3.63) is 0 Å². The lowest BCUT2D eigenvalue weighted by molar-refractivity contribution is -0.138. The van der Waals surface area contributed by atoms with Crippen LogP contribution in [-0.4, -0.2) is 51.1 Å². The van der Waals surface area contributed by atoms with Crippen molar-refractivity contribution in [2.45, 2.75) is 33.6 Å². The Morgan fingerprint density at radius 1 is 1.33 bits per heavy atom. The summed E-state index contributed by atoms with van der Waals surface area (Å²) in [5.74, 6) is 0.652. The molecule has 0 saturated heterocycles. The highest BCUT2D eigenvalue weighted by atomic mass is 16.5. The molecule has 0 rings (SSSR count). The van der Waals surface area contributed by atoms with Gasteiger partial charge in [-0.25, -0.2) is 0 Å². The first-order valence-corrected chi connectivity index (χ1v) is 6.28. The number of carbonyl (C=O) groups excluding carboxylic acids is 2. The zero-order valence-corrected chi connectivity index (χ0v) is 12.6. The minimum absolute atomic E-state index is 0.231. The number of hydrogen-bond acceptors (Lipinski definition) is 4. The summed E-state index contributed by atoms with van der Waals surface area (Å²) in [6.07, 6.45) is 1.69. The van der Waals surface area contributed by atoms with Gasteiger partial charge in [-0.15, -0.1) is 0 Å². The predicted molar refractivity (Wildman–Crippen MR) is 73.3 cm³/mol. The number of amides is 1. The standard InChI is InChI=1S/C10H22N2O.C3H6O2/c1-9(2)6-8-12(4)10(13)5-7-11-3;1-3(4)5-2/h9,11H,5-8H2,1-4H3;1-2H3. The zero-order valence-electron chi connectivity index (χ0n) is 12.6. The molecular formula is C13H28N2O3. The first kappa shape index (κ1) is 19.2. The van der Waals surface area contributed by atoms with Crippen LogP contribution in [0.1, 0.15) is 33.6 Å². The van der Waals surface area contributed by atoms with Gasteiger partial charge in [0.15, 0.2) is 0 Å². The van der Waals surface area contributed by atoms with Crippen molar-refractivity contribution >= 4 is 11.9 Å². The Bertz CT molecular complexity index is 230. The molecule has 0 aromatic rings. The van der Waals surface area contributed by atoms with Gasteiger partial charge in [0.25, 0.3) is 0 Å². The summed E-state index contributed by atoms with van der Waals surface area (Å²) in [4.78, 5) is 22.8. The van der Waals surface area contributed by atoms with Crippen LogP contribution in [0.15, 0.2) is 0 Å². The number of esters is 1. The third-order valence-corrected chi connectivity index (χ3v) is 2.34. The maximum absolute atomic E-state index is 11.4. The van der Waals surface area contributed by atoms with E-state index in [2.05, 4.69) is 23.9 Å². The molecule has 0 aliphatic carbocycles. The lowest BCUT2D eigenvalue weighted by Gasteiger charge is -2.18. The van der Waals surface area contributed by atoms with Gasteiger partial charge < -0.3 is 15.0 Å². The third kappa shape index (κ3) is 14.9. The highest BCUT2D eigenvalue weighted by Gasteiger charge is 2.07. The Hall–Kier alpha value is -1.10. The minimum atomic E-state index is -0.245. The number of nitrogens with one attached hydrogen (secondary N) is 1. The van der Waals surface area contributed by atoms with E-state index in [9.17, 15) is 9.59 Å². The molecular weight excluding hydrogens is 232 g/mol. The fourth-order valence-electron chi connectivity index (χ4n) is 0.999. The summed E-state index contributed by atoms with van der Waals surface area (Å²) in [7, 11) is 5.09. The molecule has 0 aromatic carbocycles. The number of methoxy groups -OCH3 is 1. The maximum atomic E-state index is 11.4. The van der Waals surface area contributed by atoms with E-state index in [1.807, 2.05) is 19.0 Å². The second-order valence-electron chi connectivity index (χ2n) is 4.55. The first-order valence-electron chi connectivity index (χ1n) is 6.28. The third-order valence-electron chi connectivity index (χ3n) is 2.34. The van der Waals surface area contributed by atoms with Crippen molar-refractivity contribution in [2.24, 2.45) is 5.92 Å². The van der Waals surface area contributed by atoms with Crippen LogP contribution in [0, 0.1) is 5.92 Å². The minimum Gasteiger partial charge on any atom is -0.469 e. The second-order valence-corrected chi connectivity index (χ2v) is 4.55. The van der Waals surface area contributed by atoms with Crippen molar-refractivity contribution in [1.82, 2.24) is 10.2 Å². The number of ether oxygens (including phenoxy) is 1. The molecule has 0 aliphatic rings. The first-order chi connectivity index (χ1) is 8.34. The molecule has 1 amide bonds. The molecule has 0 unspecified atom stereocenters. The summed E-state index contributed by atoms with van der Waals surface area (Å²) < 4.78 is 4.11. The zero-order chi connectivity index (χ0) is 14.6. The van der Waals surface area contributed by atoms with Crippen LogP contribution in [0.5, 0.6) is 0 Å². The average molecular weight is 260 g/mol. The molecule has 0 spiro atoms. The van der Waals surface area contributed by atoms with Gasteiger partial charge >= 0.3 is 5.97 Å². The molecule has 5 heteroatoms. The Labute approximate surface area is 111 Å². The van der Waals surface area contributed by atoms with Crippen LogP contribution in [0.3, 0.4) is 0 Å². The van der Waals surface area contributed by atoms with Gasteiger partial charge in [0.1, 0.15) is 0 Å². The van der Waals surface area contributed by atoms with E-state index >= 15 is 0 Å². The molecule has 0 aliphatic heterocycles. The van der Waals surface area contributed by atoms with Crippen molar-refractivity contribution in [1.29, 1.82) is 0 Å². The SMILES string of the molecule is CNCCC(=O)N(C)CCC(C)C.COC(C)=O. The van der Waals surface area contributed by atoms with E-state index in [4.69, 9.17) is 0 Å². The normalized spacial score (nSPS) is 9.50. The molecule has 0 radical (unpaired) electrons. The summed E-state index contributed by atoms with van der Waals surface area (Å²) in [5, 5.41) is 2.97. The van der Waals surface area contributed by atoms with Crippen LogP contribution in [0.25, 0.3) is 0 Å². The molecule has 108 valence electrons. The van der Waals surface area contributed by atoms with Crippen LogP contribution in [0.2, 0.25) is 0 Å². The Kier molecular flexibility index (Phi) is 13.2.